The molecule has 0 radical (unpaired) electrons. The van der Waals surface area contributed by atoms with Gasteiger partial charge in [-0.05, 0) is 49.1 Å². The number of ether oxygens (including phenoxy) is 2. The molecule has 1 aliphatic rings. The van der Waals surface area contributed by atoms with Gasteiger partial charge in [-0.15, -0.1) is 0 Å². The highest BCUT2D eigenvalue weighted by Gasteiger charge is 2.24. The molecule has 0 aliphatic heterocycles. The molecule has 6 heteroatoms. The van der Waals surface area contributed by atoms with Crippen LogP contribution in [0, 0.1) is 0 Å². The van der Waals surface area contributed by atoms with Crippen LogP contribution in [0.3, 0.4) is 0 Å². The highest BCUT2D eigenvalue weighted by Crippen LogP contribution is 2.31. The maximum absolute atomic E-state index is 5.42. The first-order valence-electron chi connectivity index (χ1n) is 9.66. The first kappa shape index (κ1) is 18.7. The summed E-state index contributed by atoms with van der Waals surface area (Å²) in [6.45, 7) is 1.33. The Kier molecular flexibility index (Phi) is 5.69. The molecule has 0 amide bonds. The lowest BCUT2D eigenvalue weighted by Gasteiger charge is -2.24. The molecule has 4 rings (SSSR count). The molecule has 1 unspecified atom stereocenters. The van der Waals surface area contributed by atoms with Crippen molar-refractivity contribution >= 4 is 0 Å². The zero-order valence-electron chi connectivity index (χ0n) is 16.4. The molecule has 2 heterocycles. The summed E-state index contributed by atoms with van der Waals surface area (Å²) in [5.41, 5.74) is 4.83. The molecule has 3 aromatic rings. The Morgan fingerprint density at radius 2 is 2.14 bits per heavy atom. The number of hydrogen-bond donors (Lipinski definition) is 1. The standard InChI is InChI=1S/C22H26N4O2/c1-27-15-17-12-16(9-10-21(17)28-2)13-24-19-6-5-7-20-18(19)14-25-26(20)22-8-3-4-11-23-22/h3-4,8-12,14,19,24H,5-7,13,15H2,1-2H3. The fraction of sp³-hybridized carbons (Fsp3) is 0.364. The zero-order chi connectivity index (χ0) is 19.3. The molecule has 1 aromatic carbocycles. The van der Waals surface area contributed by atoms with Crippen LogP contribution in [0.15, 0.2) is 48.8 Å². The monoisotopic (exact) mass is 378 g/mol. The summed E-state index contributed by atoms with van der Waals surface area (Å²) in [4.78, 5) is 4.45. The maximum atomic E-state index is 5.42. The Bertz CT molecular complexity index is 924. The van der Waals surface area contributed by atoms with E-state index in [1.807, 2.05) is 41.3 Å². The van der Waals surface area contributed by atoms with Crippen molar-refractivity contribution in [2.75, 3.05) is 14.2 Å². The van der Waals surface area contributed by atoms with E-state index >= 15 is 0 Å². The van der Waals surface area contributed by atoms with Gasteiger partial charge in [0.05, 0.1) is 25.6 Å². The molecule has 0 bridgehead atoms. The first-order chi connectivity index (χ1) is 13.8. The topological polar surface area (TPSA) is 61.2 Å². The van der Waals surface area contributed by atoms with E-state index in [0.717, 1.165) is 42.9 Å². The third-order valence-corrected chi connectivity index (χ3v) is 5.25. The van der Waals surface area contributed by atoms with Gasteiger partial charge in [-0.25, -0.2) is 9.67 Å². The van der Waals surface area contributed by atoms with Crippen molar-refractivity contribution in [2.45, 2.75) is 38.5 Å². The lowest BCUT2D eigenvalue weighted by Crippen LogP contribution is -2.25. The fourth-order valence-electron chi connectivity index (χ4n) is 3.90. The molecular formula is C22H26N4O2. The van der Waals surface area contributed by atoms with Crippen LogP contribution in [0.25, 0.3) is 5.82 Å². The third-order valence-electron chi connectivity index (χ3n) is 5.25. The van der Waals surface area contributed by atoms with Gasteiger partial charge in [0.25, 0.3) is 0 Å². The summed E-state index contributed by atoms with van der Waals surface area (Å²) < 4.78 is 12.7. The van der Waals surface area contributed by atoms with Crippen LogP contribution < -0.4 is 10.1 Å². The van der Waals surface area contributed by atoms with Crippen LogP contribution in [0.4, 0.5) is 0 Å². The van der Waals surface area contributed by atoms with Crippen molar-refractivity contribution in [2.24, 2.45) is 0 Å². The summed E-state index contributed by atoms with van der Waals surface area (Å²) >= 11 is 0. The van der Waals surface area contributed by atoms with Crippen LogP contribution >= 0.6 is 0 Å². The number of nitrogens with zero attached hydrogens (tertiary/aromatic N) is 3. The van der Waals surface area contributed by atoms with Crippen molar-refractivity contribution in [3.63, 3.8) is 0 Å². The highest BCUT2D eigenvalue weighted by molar-refractivity contribution is 5.37. The first-order valence-corrected chi connectivity index (χ1v) is 9.66. The fourth-order valence-corrected chi connectivity index (χ4v) is 3.90. The molecule has 0 saturated carbocycles. The van der Waals surface area contributed by atoms with Gasteiger partial charge in [0.15, 0.2) is 5.82 Å². The van der Waals surface area contributed by atoms with Gasteiger partial charge < -0.3 is 14.8 Å². The van der Waals surface area contributed by atoms with Crippen molar-refractivity contribution < 1.29 is 9.47 Å². The Hall–Kier alpha value is -2.70. The van der Waals surface area contributed by atoms with Gasteiger partial charge in [0, 0.05) is 37.0 Å². The highest BCUT2D eigenvalue weighted by atomic mass is 16.5. The summed E-state index contributed by atoms with van der Waals surface area (Å²) in [6.07, 6.45) is 7.09. The minimum absolute atomic E-state index is 0.300. The second-order valence-electron chi connectivity index (χ2n) is 7.05. The number of benzene rings is 1. The minimum atomic E-state index is 0.300. The van der Waals surface area contributed by atoms with Crippen LogP contribution in [-0.4, -0.2) is 29.0 Å². The molecule has 0 saturated heterocycles. The van der Waals surface area contributed by atoms with E-state index in [4.69, 9.17) is 9.47 Å². The number of aromatic nitrogens is 3. The molecule has 1 aliphatic carbocycles. The normalized spacial score (nSPS) is 16.0. The maximum Gasteiger partial charge on any atom is 0.153 e. The van der Waals surface area contributed by atoms with Gasteiger partial charge >= 0.3 is 0 Å². The van der Waals surface area contributed by atoms with Crippen LogP contribution in [0.1, 0.15) is 41.3 Å². The van der Waals surface area contributed by atoms with Gasteiger partial charge in [0.1, 0.15) is 5.75 Å². The van der Waals surface area contributed by atoms with E-state index in [2.05, 4.69) is 27.5 Å². The predicted octanol–water partition coefficient (Wildman–Crippen LogP) is 3.59. The van der Waals surface area contributed by atoms with Crippen molar-refractivity contribution in [1.82, 2.24) is 20.1 Å². The van der Waals surface area contributed by atoms with Crippen LogP contribution in [0.2, 0.25) is 0 Å². The summed E-state index contributed by atoms with van der Waals surface area (Å²) in [5, 5.41) is 8.33. The Balaban J connectivity index is 1.51. The van der Waals surface area contributed by atoms with E-state index < -0.39 is 0 Å². The molecule has 28 heavy (non-hydrogen) atoms. The lowest BCUT2D eigenvalue weighted by molar-refractivity contribution is 0.181. The Morgan fingerprint density at radius 1 is 1.21 bits per heavy atom. The molecule has 1 N–H and O–H groups in total. The van der Waals surface area contributed by atoms with Crippen molar-refractivity contribution in [3.05, 3.63) is 71.2 Å². The number of rotatable bonds is 7. The van der Waals surface area contributed by atoms with Gasteiger partial charge in [-0.2, -0.15) is 5.10 Å². The second kappa shape index (κ2) is 8.54. The summed E-state index contributed by atoms with van der Waals surface area (Å²) in [6, 6.07) is 12.5. The van der Waals surface area contributed by atoms with E-state index in [0.29, 0.717) is 12.6 Å². The molecule has 0 fully saturated rings. The van der Waals surface area contributed by atoms with E-state index in [-0.39, 0.29) is 0 Å². The van der Waals surface area contributed by atoms with E-state index in [1.165, 1.54) is 16.8 Å². The quantitative estimate of drug-likeness (QED) is 0.681. The van der Waals surface area contributed by atoms with Crippen LogP contribution in [0.5, 0.6) is 5.75 Å². The van der Waals surface area contributed by atoms with Crippen molar-refractivity contribution in [1.29, 1.82) is 0 Å². The molecule has 2 aromatic heterocycles. The average Bonchev–Trinajstić information content (AvgIpc) is 3.18. The predicted molar refractivity (Wildman–Crippen MR) is 108 cm³/mol. The Morgan fingerprint density at radius 3 is 2.93 bits per heavy atom. The van der Waals surface area contributed by atoms with Gasteiger partial charge in [-0.3, -0.25) is 0 Å². The minimum Gasteiger partial charge on any atom is -0.496 e. The largest absolute Gasteiger partial charge is 0.496 e. The van der Waals surface area contributed by atoms with E-state index in [9.17, 15) is 0 Å². The van der Waals surface area contributed by atoms with Gasteiger partial charge in [0.2, 0.25) is 0 Å². The molecule has 146 valence electrons. The zero-order valence-corrected chi connectivity index (χ0v) is 16.4. The van der Waals surface area contributed by atoms with Gasteiger partial charge in [-0.1, -0.05) is 12.1 Å². The number of hydrogen-bond acceptors (Lipinski definition) is 5. The number of fused-ring (bicyclic) bond motifs is 1. The number of pyridine rings is 1. The second-order valence-corrected chi connectivity index (χ2v) is 7.05. The molecular weight excluding hydrogens is 352 g/mol. The summed E-state index contributed by atoms with van der Waals surface area (Å²) in [5.74, 6) is 1.74. The molecule has 1 atom stereocenters. The average molecular weight is 378 g/mol. The molecule has 0 spiro atoms. The van der Waals surface area contributed by atoms with Crippen molar-refractivity contribution in [3.8, 4) is 11.6 Å². The number of methoxy groups -OCH3 is 2. The van der Waals surface area contributed by atoms with E-state index in [1.54, 1.807) is 14.2 Å². The smallest absolute Gasteiger partial charge is 0.153 e. The molecule has 6 nitrogen and oxygen atoms in total. The van der Waals surface area contributed by atoms with Crippen LogP contribution in [-0.2, 0) is 24.3 Å². The Labute approximate surface area is 165 Å². The third kappa shape index (κ3) is 3.79. The SMILES string of the molecule is COCc1cc(CNC2CCCc3c2cnn3-c2ccccn2)ccc1OC. The lowest BCUT2D eigenvalue weighted by atomic mass is 9.92. The summed E-state index contributed by atoms with van der Waals surface area (Å²) in [7, 11) is 3.39. The number of nitrogens with one attached hydrogen (secondary N) is 1.